The van der Waals surface area contributed by atoms with Crippen LogP contribution in [0.15, 0.2) is 72.8 Å². The summed E-state index contributed by atoms with van der Waals surface area (Å²) in [4.78, 5) is 25.4. The van der Waals surface area contributed by atoms with Gasteiger partial charge in [-0.1, -0.05) is 71.9 Å². The zero-order valence-electron chi connectivity index (χ0n) is 21.7. The Morgan fingerprint density at radius 3 is 1.71 bits per heavy atom. The third kappa shape index (κ3) is 7.19. The van der Waals surface area contributed by atoms with Crippen molar-refractivity contribution in [1.29, 1.82) is 0 Å². The molecule has 3 rings (SSSR count). The molecule has 5 heteroatoms. The standard InChI is InChI=1S/C30H36N2O3/c1-20(35-26-17-15-23(16-18-26)30(5,6)7)27(33)31-24-9-8-10-25(19-24)32-28(34)21-11-13-22(14-12-21)29(2,3)4/h8-20H,1-7H3,(H,31,33)(H,32,34). The smallest absolute Gasteiger partial charge is 0.265 e. The average molecular weight is 473 g/mol. The minimum Gasteiger partial charge on any atom is -0.481 e. The van der Waals surface area contributed by atoms with Gasteiger partial charge in [-0.15, -0.1) is 0 Å². The summed E-state index contributed by atoms with van der Waals surface area (Å²) in [6.45, 7) is 14.6. The van der Waals surface area contributed by atoms with Crippen LogP contribution < -0.4 is 15.4 Å². The van der Waals surface area contributed by atoms with Crippen LogP contribution in [0.3, 0.4) is 0 Å². The molecule has 0 aliphatic rings. The number of hydrogen-bond acceptors (Lipinski definition) is 3. The number of carbonyl (C=O) groups is 2. The van der Waals surface area contributed by atoms with Crippen LogP contribution in [0.2, 0.25) is 0 Å². The molecule has 35 heavy (non-hydrogen) atoms. The Labute approximate surface area is 208 Å². The molecule has 2 amide bonds. The quantitative estimate of drug-likeness (QED) is 0.408. The van der Waals surface area contributed by atoms with Gasteiger partial charge in [0.25, 0.3) is 11.8 Å². The summed E-state index contributed by atoms with van der Waals surface area (Å²) < 4.78 is 5.82. The van der Waals surface area contributed by atoms with Gasteiger partial charge in [0.2, 0.25) is 0 Å². The molecule has 0 aliphatic carbocycles. The maximum Gasteiger partial charge on any atom is 0.265 e. The van der Waals surface area contributed by atoms with Crippen molar-refractivity contribution in [2.75, 3.05) is 10.6 Å². The van der Waals surface area contributed by atoms with E-state index in [4.69, 9.17) is 4.74 Å². The van der Waals surface area contributed by atoms with Crippen molar-refractivity contribution in [2.24, 2.45) is 0 Å². The second-order valence-electron chi connectivity index (χ2n) is 10.9. The summed E-state index contributed by atoms with van der Waals surface area (Å²) >= 11 is 0. The Bertz CT molecular complexity index is 1170. The van der Waals surface area contributed by atoms with Crippen molar-refractivity contribution in [1.82, 2.24) is 0 Å². The SMILES string of the molecule is CC(Oc1ccc(C(C)(C)C)cc1)C(=O)Nc1cccc(NC(=O)c2ccc(C(C)(C)C)cc2)c1. The van der Waals surface area contributed by atoms with Gasteiger partial charge in [0.1, 0.15) is 5.75 Å². The van der Waals surface area contributed by atoms with Gasteiger partial charge in [-0.05, 0) is 71.3 Å². The highest BCUT2D eigenvalue weighted by Gasteiger charge is 2.18. The van der Waals surface area contributed by atoms with E-state index in [1.807, 2.05) is 48.5 Å². The molecule has 3 aromatic rings. The zero-order valence-corrected chi connectivity index (χ0v) is 21.7. The van der Waals surface area contributed by atoms with Gasteiger partial charge in [0.15, 0.2) is 6.10 Å². The van der Waals surface area contributed by atoms with E-state index in [0.29, 0.717) is 22.7 Å². The predicted octanol–water partition coefficient (Wildman–Crippen LogP) is 6.94. The molecule has 2 N–H and O–H groups in total. The summed E-state index contributed by atoms with van der Waals surface area (Å²) in [7, 11) is 0. The topological polar surface area (TPSA) is 67.4 Å². The van der Waals surface area contributed by atoms with E-state index in [2.05, 4.69) is 52.2 Å². The molecule has 184 valence electrons. The molecule has 1 atom stereocenters. The molecule has 0 heterocycles. The summed E-state index contributed by atoms with van der Waals surface area (Å²) in [5.41, 5.74) is 4.20. The van der Waals surface area contributed by atoms with Crippen LogP contribution in [0.5, 0.6) is 5.75 Å². The molecule has 0 aromatic heterocycles. The van der Waals surface area contributed by atoms with E-state index in [9.17, 15) is 9.59 Å². The highest BCUT2D eigenvalue weighted by molar-refractivity contribution is 6.04. The molecule has 0 saturated heterocycles. The van der Waals surface area contributed by atoms with Crippen LogP contribution in [0.4, 0.5) is 11.4 Å². The normalized spacial score (nSPS) is 12.5. The lowest BCUT2D eigenvalue weighted by atomic mass is 9.87. The summed E-state index contributed by atoms with van der Waals surface area (Å²) in [5.74, 6) is 0.162. The van der Waals surface area contributed by atoms with Crippen LogP contribution in [-0.2, 0) is 15.6 Å². The zero-order chi connectivity index (χ0) is 25.8. The number of hydrogen-bond donors (Lipinski definition) is 2. The van der Waals surface area contributed by atoms with Gasteiger partial charge < -0.3 is 15.4 Å². The lowest BCUT2D eigenvalue weighted by molar-refractivity contribution is -0.122. The molecule has 0 radical (unpaired) electrons. The Kier molecular flexibility index (Phi) is 7.69. The van der Waals surface area contributed by atoms with Gasteiger partial charge in [-0.25, -0.2) is 0 Å². The van der Waals surface area contributed by atoms with Crippen LogP contribution in [-0.4, -0.2) is 17.9 Å². The molecular weight excluding hydrogens is 436 g/mol. The molecule has 5 nitrogen and oxygen atoms in total. The van der Waals surface area contributed by atoms with E-state index in [0.717, 1.165) is 0 Å². The molecule has 1 unspecified atom stereocenters. The Morgan fingerprint density at radius 1 is 0.714 bits per heavy atom. The lowest BCUT2D eigenvalue weighted by Gasteiger charge is -2.20. The number of nitrogens with one attached hydrogen (secondary N) is 2. The average Bonchev–Trinajstić information content (AvgIpc) is 2.78. The fraction of sp³-hybridized carbons (Fsp3) is 0.333. The Hall–Kier alpha value is -3.60. The minimum absolute atomic E-state index is 0.0261. The van der Waals surface area contributed by atoms with Gasteiger partial charge >= 0.3 is 0 Å². The fourth-order valence-corrected chi connectivity index (χ4v) is 3.53. The van der Waals surface area contributed by atoms with Gasteiger partial charge in [0.05, 0.1) is 0 Å². The Balaban J connectivity index is 1.60. The molecule has 0 spiro atoms. The van der Waals surface area contributed by atoms with Gasteiger partial charge in [-0.3, -0.25) is 9.59 Å². The first-order valence-electron chi connectivity index (χ1n) is 11.9. The molecule has 0 aliphatic heterocycles. The van der Waals surface area contributed by atoms with Crippen LogP contribution in [0, 0.1) is 0 Å². The maximum absolute atomic E-state index is 12.7. The summed E-state index contributed by atoms with van der Waals surface area (Å²) in [5, 5.41) is 5.75. The number of carbonyl (C=O) groups excluding carboxylic acids is 2. The van der Waals surface area contributed by atoms with E-state index >= 15 is 0 Å². The van der Waals surface area contributed by atoms with Crippen LogP contribution in [0.25, 0.3) is 0 Å². The third-order valence-electron chi connectivity index (χ3n) is 5.80. The van der Waals surface area contributed by atoms with Gasteiger partial charge in [0, 0.05) is 16.9 Å². The van der Waals surface area contributed by atoms with Crippen molar-refractivity contribution >= 4 is 23.2 Å². The van der Waals surface area contributed by atoms with E-state index < -0.39 is 6.10 Å². The number of amides is 2. The molecular formula is C30H36N2O3. The number of rotatable bonds is 6. The molecule has 0 saturated carbocycles. The van der Waals surface area contributed by atoms with Crippen molar-refractivity contribution in [2.45, 2.75) is 65.4 Å². The number of anilines is 2. The number of ether oxygens (including phenoxy) is 1. The van der Waals surface area contributed by atoms with Crippen LogP contribution >= 0.6 is 0 Å². The monoisotopic (exact) mass is 472 g/mol. The Morgan fingerprint density at radius 2 is 1.20 bits per heavy atom. The maximum atomic E-state index is 12.7. The van der Waals surface area contributed by atoms with Crippen molar-refractivity contribution in [3.8, 4) is 5.75 Å². The van der Waals surface area contributed by atoms with Crippen LogP contribution in [0.1, 0.15) is 70.0 Å². The largest absolute Gasteiger partial charge is 0.481 e. The summed E-state index contributed by atoms with van der Waals surface area (Å²) in [6.07, 6.45) is -0.685. The molecule has 3 aromatic carbocycles. The first kappa shape index (κ1) is 26.0. The van der Waals surface area contributed by atoms with E-state index in [1.165, 1.54) is 11.1 Å². The second-order valence-corrected chi connectivity index (χ2v) is 10.9. The van der Waals surface area contributed by atoms with E-state index in [-0.39, 0.29) is 22.6 Å². The fourth-order valence-electron chi connectivity index (χ4n) is 3.53. The molecule has 0 fully saturated rings. The number of benzene rings is 3. The molecule has 0 bridgehead atoms. The highest BCUT2D eigenvalue weighted by Crippen LogP contribution is 2.25. The predicted molar refractivity (Wildman–Crippen MR) is 143 cm³/mol. The lowest BCUT2D eigenvalue weighted by Crippen LogP contribution is -2.30. The van der Waals surface area contributed by atoms with Gasteiger partial charge in [-0.2, -0.15) is 0 Å². The second kappa shape index (κ2) is 10.3. The van der Waals surface area contributed by atoms with E-state index in [1.54, 1.807) is 31.2 Å². The van der Waals surface area contributed by atoms with Crippen molar-refractivity contribution in [3.63, 3.8) is 0 Å². The minimum atomic E-state index is -0.685. The first-order valence-corrected chi connectivity index (χ1v) is 11.9. The first-order chi connectivity index (χ1) is 16.3. The third-order valence-corrected chi connectivity index (χ3v) is 5.80. The van der Waals surface area contributed by atoms with Crippen molar-refractivity contribution in [3.05, 3.63) is 89.5 Å². The van der Waals surface area contributed by atoms with Crippen molar-refractivity contribution < 1.29 is 14.3 Å². The summed E-state index contributed by atoms with van der Waals surface area (Å²) in [6, 6.07) is 22.5. The highest BCUT2D eigenvalue weighted by atomic mass is 16.5.